The summed E-state index contributed by atoms with van der Waals surface area (Å²) in [6.07, 6.45) is 2.76. The van der Waals surface area contributed by atoms with Gasteiger partial charge in [0, 0.05) is 13.5 Å². The van der Waals surface area contributed by atoms with Gasteiger partial charge < -0.3 is 4.74 Å². The predicted molar refractivity (Wildman–Crippen MR) is 41.0 cm³/mol. The number of hydrogen-bond acceptors (Lipinski definition) is 2. The molecule has 1 atom stereocenters. The van der Waals surface area contributed by atoms with Crippen LogP contribution >= 0.6 is 0 Å². The highest BCUT2D eigenvalue weighted by molar-refractivity contribution is 5.75. The van der Waals surface area contributed by atoms with Gasteiger partial charge in [-0.2, -0.15) is 0 Å². The standard InChI is InChI=1S/C8H16O2/c1-4-5-8(10-3)6-7(2)9/h8H,4-6H2,1-3H3. The summed E-state index contributed by atoms with van der Waals surface area (Å²) in [5.74, 6) is 0.209. The lowest BCUT2D eigenvalue weighted by atomic mass is 10.1. The Morgan fingerprint density at radius 1 is 1.60 bits per heavy atom. The first-order chi connectivity index (χ1) is 4.70. The van der Waals surface area contributed by atoms with Gasteiger partial charge in [0.15, 0.2) is 0 Å². The fourth-order valence-electron chi connectivity index (χ4n) is 0.946. The van der Waals surface area contributed by atoms with Gasteiger partial charge in [0.1, 0.15) is 5.78 Å². The molecule has 0 aromatic carbocycles. The van der Waals surface area contributed by atoms with E-state index in [4.69, 9.17) is 4.74 Å². The number of carbonyl (C=O) groups excluding carboxylic acids is 1. The van der Waals surface area contributed by atoms with Gasteiger partial charge in [-0.1, -0.05) is 13.3 Å². The third kappa shape index (κ3) is 4.50. The van der Waals surface area contributed by atoms with E-state index < -0.39 is 0 Å². The topological polar surface area (TPSA) is 26.3 Å². The van der Waals surface area contributed by atoms with Crippen LogP contribution in [0.4, 0.5) is 0 Å². The van der Waals surface area contributed by atoms with Crippen LogP contribution in [0.5, 0.6) is 0 Å². The van der Waals surface area contributed by atoms with Gasteiger partial charge >= 0.3 is 0 Å². The first kappa shape index (κ1) is 9.63. The van der Waals surface area contributed by atoms with E-state index in [1.54, 1.807) is 14.0 Å². The van der Waals surface area contributed by atoms with Gasteiger partial charge in [0.05, 0.1) is 6.10 Å². The van der Waals surface area contributed by atoms with Crippen LogP contribution in [0, 0.1) is 0 Å². The van der Waals surface area contributed by atoms with Crippen LogP contribution in [-0.2, 0) is 9.53 Å². The maximum Gasteiger partial charge on any atom is 0.132 e. The summed E-state index contributed by atoms with van der Waals surface area (Å²) in [5, 5.41) is 0. The van der Waals surface area contributed by atoms with Gasteiger partial charge in [-0.15, -0.1) is 0 Å². The molecule has 0 aromatic rings. The van der Waals surface area contributed by atoms with Crippen LogP contribution in [0.15, 0.2) is 0 Å². The van der Waals surface area contributed by atoms with E-state index in [9.17, 15) is 4.79 Å². The number of ether oxygens (including phenoxy) is 1. The molecule has 10 heavy (non-hydrogen) atoms. The summed E-state index contributed by atoms with van der Waals surface area (Å²) < 4.78 is 5.08. The van der Waals surface area contributed by atoms with Crippen molar-refractivity contribution < 1.29 is 9.53 Å². The number of ketones is 1. The Hall–Kier alpha value is -0.370. The molecule has 0 aliphatic carbocycles. The fourth-order valence-corrected chi connectivity index (χ4v) is 0.946. The number of methoxy groups -OCH3 is 1. The number of hydrogen-bond donors (Lipinski definition) is 0. The molecular formula is C8H16O2. The summed E-state index contributed by atoms with van der Waals surface area (Å²) in [4.78, 5) is 10.6. The van der Waals surface area contributed by atoms with Gasteiger partial charge in [-0.25, -0.2) is 0 Å². The van der Waals surface area contributed by atoms with Gasteiger partial charge in [-0.05, 0) is 13.3 Å². The molecule has 0 saturated carbocycles. The fraction of sp³-hybridized carbons (Fsp3) is 0.875. The van der Waals surface area contributed by atoms with Crippen molar-refractivity contribution in [2.75, 3.05) is 7.11 Å². The number of rotatable bonds is 5. The third-order valence-electron chi connectivity index (χ3n) is 1.46. The molecular weight excluding hydrogens is 128 g/mol. The van der Waals surface area contributed by atoms with E-state index in [1.807, 2.05) is 0 Å². The van der Waals surface area contributed by atoms with Crippen molar-refractivity contribution in [2.24, 2.45) is 0 Å². The van der Waals surface area contributed by atoms with Crippen LogP contribution in [-0.4, -0.2) is 19.0 Å². The second-order valence-electron chi connectivity index (χ2n) is 2.55. The lowest BCUT2D eigenvalue weighted by Crippen LogP contribution is -2.13. The van der Waals surface area contributed by atoms with Crippen LogP contribution in [0.1, 0.15) is 33.1 Å². The van der Waals surface area contributed by atoms with Crippen LogP contribution in [0.25, 0.3) is 0 Å². The number of Topliss-reactive ketones (excluding diaryl/α,β-unsaturated/α-hetero) is 1. The quantitative estimate of drug-likeness (QED) is 0.588. The molecule has 0 N–H and O–H groups in total. The van der Waals surface area contributed by atoms with E-state index in [0.717, 1.165) is 12.8 Å². The molecule has 0 bridgehead atoms. The highest BCUT2D eigenvalue weighted by Gasteiger charge is 2.07. The molecule has 0 aliphatic heterocycles. The average Bonchev–Trinajstić information content (AvgIpc) is 1.86. The maximum absolute atomic E-state index is 10.6. The van der Waals surface area contributed by atoms with E-state index in [-0.39, 0.29) is 11.9 Å². The zero-order chi connectivity index (χ0) is 7.98. The van der Waals surface area contributed by atoms with Crippen molar-refractivity contribution in [1.29, 1.82) is 0 Å². The highest BCUT2D eigenvalue weighted by atomic mass is 16.5. The molecule has 2 heteroatoms. The Kier molecular flexibility index (Phi) is 5.22. The summed E-state index contributed by atoms with van der Waals surface area (Å²) >= 11 is 0. The van der Waals surface area contributed by atoms with E-state index >= 15 is 0 Å². The average molecular weight is 144 g/mol. The molecule has 0 rings (SSSR count). The van der Waals surface area contributed by atoms with Gasteiger partial charge in [-0.3, -0.25) is 4.79 Å². The van der Waals surface area contributed by atoms with Crippen molar-refractivity contribution in [1.82, 2.24) is 0 Å². The van der Waals surface area contributed by atoms with Crippen molar-refractivity contribution >= 4 is 5.78 Å². The lowest BCUT2D eigenvalue weighted by molar-refractivity contribution is -0.119. The van der Waals surface area contributed by atoms with Crippen molar-refractivity contribution in [3.8, 4) is 0 Å². The minimum Gasteiger partial charge on any atom is -0.381 e. The van der Waals surface area contributed by atoms with Crippen molar-refractivity contribution in [3.63, 3.8) is 0 Å². The van der Waals surface area contributed by atoms with E-state index in [2.05, 4.69) is 6.92 Å². The second kappa shape index (κ2) is 5.42. The molecule has 1 unspecified atom stereocenters. The highest BCUT2D eigenvalue weighted by Crippen LogP contribution is 2.05. The Bertz CT molecular complexity index is 99.4. The first-order valence-corrected chi connectivity index (χ1v) is 3.73. The minimum atomic E-state index is 0.141. The monoisotopic (exact) mass is 144 g/mol. The first-order valence-electron chi connectivity index (χ1n) is 3.73. The Morgan fingerprint density at radius 3 is 2.50 bits per heavy atom. The number of carbonyl (C=O) groups is 1. The zero-order valence-corrected chi connectivity index (χ0v) is 7.02. The SMILES string of the molecule is CCCC(CC(C)=O)OC. The molecule has 0 aliphatic rings. The second-order valence-corrected chi connectivity index (χ2v) is 2.55. The summed E-state index contributed by atoms with van der Waals surface area (Å²) in [6, 6.07) is 0. The summed E-state index contributed by atoms with van der Waals surface area (Å²) in [5.41, 5.74) is 0. The Labute approximate surface area is 62.6 Å². The molecule has 60 valence electrons. The van der Waals surface area contributed by atoms with Gasteiger partial charge in [0.2, 0.25) is 0 Å². The molecule has 0 fully saturated rings. The van der Waals surface area contributed by atoms with E-state index in [0.29, 0.717) is 6.42 Å². The Morgan fingerprint density at radius 2 is 2.20 bits per heavy atom. The minimum absolute atomic E-state index is 0.141. The molecule has 0 amide bonds. The van der Waals surface area contributed by atoms with Crippen LogP contribution in [0.2, 0.25) is 0 Å². The normalized spacial score (nSPS) is 13.1. The summed E-state index contributed by atoms with van der Waals surface area (Å²) in [7, 11) is 1.66. The van der Waals surface area contributed by atoms with Crippen LogP contribution < -0.4 is 0 Å². The molecule has 0 spiro atoms. The van der Waals surface area contributed by atoms with E-state index in [1.165, 1.54) is 0 Å². The molecule has 0 radical (unpaired) electrons. The lowest BCUT2D eigenvalue weighted by Gasteiger charge is -2.11. The third-order valence-corrected chi connectivity index (χ3v) is 1.46. The van der Waals surface area contributed by atoms with Crippen LogP contribution in [0.3, 0.4) is 0 Å². The van der Waals surface area contributed by atoms with Crippen molar-refractivity contribution in [2.45, 2.75) is 39.2 Å². The molecule has 2 nitrogen and oxygen atoms in total. The summed E-state index contributed by atoms with van der Waals surface area (Å²) in [6.45, 7) is 3.69. The molecule has 0 saturated heterocycles. The van der Waals surface area contributed by atoms with Crippen molar-refractivity contribution in [3.05, 3.63) is 0 Å². The van der Waals surface area contributed by atoms with Gasteiger partial charge in [0.25, 0.3) is 0 Å². The smallest absolute Gasteiger partial charge is 0.132 e. The Balaban J connectivity index is 3.49. The molecule has 0 aromatic heterocycles. The molecule has 0 heterocycles. The largest absolute Gasteiger partial charge is 0.381 e. The predicted octanol–water partition coefficient (Wildman–Crippen LogP) is 1.78. The maximum atomic E-state index is 10.6. The zero-order valence-electron chi connectivity index (χ0n) is 7.02.